The van der Waals surface area contributed by atoms with E-state index in [1.165, 1.54) is 57.8 Å². The van der Waals surface area contributed by atoms with Crippen LogP contribution in [0.1, 0.15) is 89.5 Å². The Balaban J connectivity index is 1.67. The predicted molar refractivity (Wildman–Crippen MR) is 127 cm³/mol. The molecule has 1 aliphatic heterocycles. The predicted octanol–water partition coefficient (Wildman–Crippen LogP) is 5.21. The lowest BCUT2D eigenvalue weighted by Crippen LogP contribution is -2.42. The minimum atomic E-state index is -3.82. The molecule has 2 atom stereocenters. The first-order valence-electron chi connectivity index (χ1n) is 11.6. The summed E-state index contributed by atoms with van der Waals surface area (Å²) in [7, 11) is -1.31. The maximum atomic E-state index is 12.5. The Labute approximate surface area is 185 Å². The molecule has 0 radical (unpaired) electrons. The normalized spacial score (nSPS) is 17.3. The van der Waals surface area contributed by atoms with Crippen LogP contribution < -0.4 is 4.72 Å². The molecule has 1 unspecified atom stereocenters. The largest absolute Gasteiger partial charge is 0.275 e. The lowest BCUT2D eigenvalue weighted by atomic mass is 10.0. The van der Waals surface area contributed by atoms with Crippen LogP contribution in [0, 0.1) is 0 Å². The van der Waals surface area contributed by atoms with Crippen LogP contribution >= 0.6 is 9.39 Å². The van der Waals surface area contributed by atoms with E-state index >= 15 is 0 Å². The number of nitrogens with one attached hydrogen (secondary N) is 1. The van der Waals surface area contributed by atoms with E-state index in [0.29, 0.717) is 6.42 Å². The van der Waals surface area contributed by atoms with Gasteiger partial charge in [0.1, 0.15) is 0 Å². The monoisotopic (exact) mass is 454 g/mol. The SMILES string of the molecule is CCCCCCCCCCCCc1ccc(S(=O)(=O)NC(=O)[C@@H]2CCCN2P)cc1. The highest BCUT2D eigenvalue weighted by Crippen LogP contribution is 2.22. The molecule has 30 heavy (non-hydrogen) atoms. The van der Waals surface area contributed by atoms with Crippen molar-refractivity contribution in [1.82, 2.24) is 9.39 Å². The van der Waals surface area contributed by atoms with Crippen LogP contribution in [0.3, 0.4) is 0 Å². The fraction of sp³-hybridized carbons (Fsp3) is 0.696. The molecule has 1 saturated heterocycles. The third-order valence-electron chi connectivity index (χ3n) is 5.88. The molecule has 0 aliphatic carbocycles. The average Bonchev–Trinajstić information content (AvgIpc) is 3.15. The quantitative estimate of drug-likeness (QED) is 0.310. The minimum absolute atomic E-state index is 0.149. The fourth-order valence-corrected chi connectivity index (χ4v) is 5.46. The van der Waals surface area contributed by atoms with Gasteiger partial charge < -0.3 is 0 Å². The molecule has 170 valence electrons. The molecule has 0 bridgehead atoms. The number of carbonyl (C=O) groups is 1. The zero-order chi connectivity index (χ0) is 21.8. The summed E-state index contributed by atoms with van der Waals surface area (Å²) in [6.45, 7) is 3.04. The van der Waals surface area contributed by atoms with Crippen molar-refractivity contribution in [3.8, 4) is 0 Å². The molecule has 1 heterocycles. The number of aryl methyl sites for hydroxylation is 1. The second-order valence-corrected chi connectivity index (χ2v) is 10.8. The Morgan fingerprint density at radius 1 is 1.00 bits per heavy atom. The zero-order valence-corrected chi connectivity index (χ0v) is 20.4. The Kier molecular flexibility index (Phi) is 11.3. The van der Waals surface area contributed by atoms with E-state index in [4.69, 9.17) is 0 Å². The first kappa shape index (κ1) is 25.3. The van der Waals surface area contributed by atoms with Crippen molar-refractivity contribution in [2.45, 2.75) is 101 Å². The third kappa shape index (κ3) is 8.64. The van der Waals surface area contributed by atoms with Gasteiger partial charge in [0, 0.05) is 6.54 Å². The highest BCUT2D eigenvalue weighted by molar-refractivity contribution is 7.90. The van der Waals surface area contributed by atoms with Gasteiger partial charge in [-0.3, -0.25) is 9.46 Å². The van der Waals surface area contributed by atoms with Crippen LogP contribution in [-0.4, -0.2) is 31.6 Å². The van der Waals surface area contributed by atoms with Crippen molar-refractivity contribution >= 4 is 25.3 Å². The summed E-state index contributed by atoms with van der Waals surface area (Å²) in [5.74, 6) is -0.447. The van der Waals surface area contributed by atoms with Crippen LogP contribution in [0.15, 0.2) is 29.2 Å². The van der Waals surface area contributed by atoms with E-state index in [-0.39, 0.29) is 10.9 Å². The van der Waals surface area contributed by atoms with Crippen LogP contribution in [-0.2, 0) is 21.2 Å². The van der Waals surface area contributed by atoms with Crippen molar-refractivity contribution in [2.75, 3.05) is 6.54 Å². The Morgan fingerprint density at radius 3 is 2.10 bits per heavy atom. The maximum Gasteiger partial charge on any atom is 0.264 e. The van der Waals surface area contributed by atoms with E-state index in [1.807, 2.05) is 16.8 Å². The number of benzene rings is 1. The standard InChI is InChI=1S/C23H39N2O3PS/c1-2-3-4-5-6-7-8-9-10-11-13-20-15-17-21(18-16-20)30(27,28)24-23(26)22-14-12-19-25(22)29/h15-18,22H,2-14,19,29H2,1H3,(H,24,26)/t22-/m0/s1. The molecular formula is C23H39N2O3PS. The van der Waals surface area contributed by atoms with E-state index in [9.17, 15) is 13.2 Å². The number of sulfonamides is 1. The second kappa shape index (κ2) is 13.4. The second-order valence-electron chi connectivity index (χ2n) is 8.44. The van der Waals surface area contributed by atoms with Crippen LogP contribution in [0.4, 0.5) is 0 Å². The highest BCUT2D eigenvalue weighted by Gasteiger charge is 2.31. The van der Waals surface area contributed by atoms with Gasteiger partial charge in [-0.05, 0) is 43.4 Å². The summed E-state index contributed by atoms with van der Waals surface area (Å²) in [4.78, 5) is 12.4. The van der Waals surface area contributed by atoms with Gasteiger partial charge in [0.2, 0.25) is 0 Å². The molecule has 1 N–H and O–H groups in total. The van der Waals surface area contributed by atoms with E-state index < -0.39 is 15.9 Å². The number of unbranched alkanes of at least 4 members (excludes halogenated alkanes) is 9. The molecule has 5 nitrogen and oxygen atoms in total. The molecule has 7 heteroatoms. The molecule has 2 rings (SSSR count). The average molecular weight is 455 g/mol. The molecule has 0 aromatic heterocycles. The summed E-state index contributed by atoms with van der Waals surface area (Å²) < 4.78 is 29.1. The molecule has 1 amide bonds. The minimum Gasteiger partial charge on any atom is -0.275 e. The van der Waals surface area contributed by atoms with Gasteiger partial charge in [-0.1, -0.05) is 86.2 Å². The van der Waals surface area contributed by atoms with Crippen molar-refractivity contribution in [3.63, 3.8) is 0 Å². The van der Waals surface area contributed by atoms with Gasteiger partial charge in [-0.15, -0.1) is 0 Å². The van der Waals surface area contributed by atoms with Gasteiger partial charge in [-0.2, -0.15) is 0 Å². The molecule has 1 aromatic carbocycles. The van der Waals surface area contributed by atoms with Gasteiger partial charge >= 0.3 is 0 Å². The summed E-state index contributed by atoms with van der Waals surface area (Å²) in [5.41, 5.74) is 1.15. The van der Waals surface area contributed by atoms with Crippen molar-refractivity contribution in [2.24, 2.45) is 0 Å². The lowest BCUT2D eigenvalue weighted by Gasteiger charge is -2.18. The van der Waals surface area contributed by atoms with Gasteiger partial charge in [0.05, 0.1) is 10.9 Å². The molecule has 1 aromatic rings. The number of amides is 1. The van der Waals surface area contributed by atoms with E-state index in [2.05, 4.69) is 21.0 Å². The summed E-state index contributed by atoms with van der Waals surface area (Å²) in [6, 6.07) is 6.55. The van der Waals surface area contributed by atoms with Crippen LogP contribution in [0.5, 0.6) is 0 Å². The third-order valence-corrected chi connectivity index (χ3v) is 7.87. The Hall–Kier alpha value is -0.970. The van der Waals surface area contributed by atoms with Crippen LogP contribution in [0.2, 0.25) is 0 Å². The number of hydrogen-bond donors (Lipinski definition) is 1. The summed E-state index contributed by atoms with van der Waals surface area (Å²) in [5, 5.41) is 0. The smallest absolute Gasteiger partial charge is 0.264 e. The summed E-state index contributed by atoms with van der Waals surface area (Å²) >= 11 is 0. The molecule has 0 saturated carbocycles. The van der Waals surface area contributed by atoms with Crippen LogP contribution in [0.25, 0.3) is 0 Å². The van der Waals surface area contributed by atoms with Gasteiger partial charge in [-0.25, -0.2) is 13.1 Å². The van der Waals surface area contributed by atoms with Gasteiger partial charge in [0.15, 0.2) is 0 Å². The topological polar surface area (TPSA) is 66.5 Å². The van der Waals surface area contributed by atoms with E-state index in [0.717, 1.165) is 31.4 Å². The number of carbonyl (C=O) groups excluding carboxylic acids is 1. The molecule has 0 spiro atoms. The van der Waals surface area contributed by atoms with E-state index in [1.54, 1.807) is 12.1 Å². The number of rotatable bonds is 14. The highest BCUT2D eigenvalue weighted by atomic mass is 32.2. The lowest BCUT2D eigenvalue weighted by molar-refractivity contribution is -0.122. The van der Waals surface area contributed by atoms with Crippen molar-refractivity contribution in [1.29, 1.82) is 0 Å². The molecule has 1 aliphatic rings. The Morgan fingerprint density at radius 2 is 1.57 bits per heavy atom. The fourth-order valence-electron chi connectivity index (χ4n) is 3.98. The molecular weight excluding hydrogens is 415 g/mol. The maximum absolute atomic E-state index is 12.5. The van der Waals surface area contributed by atoms with Crippen molar-refractivity contribution < 1.29 is 13.2 Å². The summed E-state index contributed by atoms with van der Waals surface area (Å²) in [6.07, 6.45) is 15.6. The first-order valence-corrected chi connectivity index (χ1v) is 13.6. The zero-order valence-electron chi connectivity index (χ0n) is 18.4. The number of hydrogen-bond acceptors (Lipinski definition) is 4. The van der Waals surface area contributed by atoms with Gasteiger partial charge in [0.25, 0.3) is 15.9 Å². The first-order chi connectivity index (χ1) is 14.4. The molecule has 1 fully saturated rings. The van der Waals surface area contributed by atoms with Crippen molar-refractivity contribution in [3.05, 3.63) is 29.8 Å². The number of nitrogens with zero attached hydrogens (tertiary/aromatic N) is 1. The Bertz CT molecular complexity index is 737.